The number of nitrogens with zero attached hydrogens (tertiary/aromatic N) is 2. The van der Waals surface area contributed by atoms with Gasteiger partial charge in [0.25, 0.3) is 5.91 Å². The summed E-state index contributed by atoms with van der Waals surface area (Å²) >= 11 is 0. The van der Waals surface area contributed by atoms with Crippen molar-refractivity contribution in [2.75, 3.05) is 6.61 Å². The van der Waals surface area contributed by atoms with Gasteiger partial charge in [0.05, 0.1) is 12.8 Å². The fourth-order valence-electron chi connectivity index (χ4n) is 2.88. The van der Waals surface area contributed by atoms with Crippen LogP contribution in [0.15, 0.2) is 39.7 Å². The van der Waals surface area contributed by atoms with Gasteiger partial charge in [0, 0.05) is 18.5 Å². The molecule has 1 aliphatic heterocycles. The molecule has 0 spiro atoms. The molecule has 0 unspecified atom stereocenters. The van der Waals surface area contributed by atoms with Crippen LogP contribution >= 0.6 is 0 Å². The molecule has 0 aromatic carbocycles. The van der Waals surface area contributed by atoms with Crippen molar-refractivity contribution in [3.8, 4) is 0 Å². The van der Waals surface area contributed by atoms with Crippen molar-refractivity contribution in [3.63, 3.8) is 0 Å². The number of esters is 1. The van der Waals surface area contributed by atoms with Crippen molar-refractivity contribution in [3.05, 3.63) is 35.9 Å². The number of carbonyl (C=O) groups excluding carboxylic acids is 3. The maximum atomic E-state index is 12.7. The summed E-state index contributed by atoms with van der Waals surface area (Å²) in [6.07, 6.45) is 7.85. The summed E-state index contributed by atoms with van der Waals surface area (Å²) in [5.74, 6) is -0.584. The molecule has 0 saturated carbocycles. The molecule has 8 heteroatoms. The van der Waals surface area contributed by atoms with E-state index in [2.05, 4.69) is 10.5 Å². The summed E-state index contributed by atoms with van der Waals surface area (Å²) in [5, 5.41) is 3.68. The molecule has 1 aromatic heterocycles. The molecular formula is C18H21N3O5. The summed E-state index contributed by atoms with van der Waals surface area (Å²) in [6, 6.07) is 3.57. The number of furan rings is 1. The van der Waals surface area contributed by atoms with Gasteiger partial charge in [-0.15, -0.1) is 0 Å². The fourth-order valence-corrected chi connectivity index (χ4v) is 2.88. The van der Waals surface area contributed by atoms with Gasteiger partial charge in [-0.05, 0) is 37.8 Å². The third-order valence-electron chi connectivity index (χ3n) is 4.28. The van der Waals surface area contributed by atoms with E-state index in [0.717, 1.165) is 31.4 Å². The third-order valence-corrected chi connectivity index (χ3v) is 4.28. The molecule has 0 atom stereocenters. The summed E-state index contributed by atoms with van der Waals surface area (Å²) in [6.45, 7) is -0.0872. The summed E-state index contributed by atoms with van der Waals surface area (Å²) in [5.41, 5.74) is 3.28. The molecule has 1 N–H and O–H groups in total. The van der Waals surface area contributed by atoms with Crippen LogP contribution in [0.2, 0.25) is 0 Å². The predicted octanol–water partition coefficient (Wildman–Crippen LogP) is 1.88. The normalized spacial score (nSPS) is 17.0. The molecule has 1 aromatic rings. The van der Waals surface area contributed by atoms with Gasteiger partial charge in [0.2, 0.25) is 5.91 Å². The summed E-state index contributed by atoms with van der Waals surface area (Å²) in [7, 11) is 0. The zero-order valence-corrected chi connectivity index (χ0v) is 14.4. The van der Waals surface area contributed by atoms with Gasteiger partial charge < -0.3 is 14.1 Å². The van der Waals surface area contributed by atoms with Crippen molar-refractivity contribution in [2.45, 2.75) is 45.1 Å². The Bertz CT molecular complexity index is 736. The number of ether oxygens (including phenoxy) is 1. The first kappa shape index (κ1) is 17.9. The van der Waals surface area contributed by atoms with E-state index in [1.807, 2.05) is 6.08 Å². The highest BCUT2D eigenvalue weighted by molar-refractivity contribution is 6.37. The molecule has 2 amide bonds. The number of allylic oxidation sites excluding steroid dienone is 2. The second kappa shape index (κ2) is 8.46. The number of nitrogens with one attached hydrogen (secondary N) is 1. The van der Waals surface area contributed by atoms with Crippen LogP contribution < -0.4 is 5.43 Å². The van der Waals surface area contributed by atoms with Gasteiger partial charge in [0.15, 0.2) is 6.61 Å². The number of amides is 2. The molecule has 0 radical (unpaired) electrons. The first-order chi connectivity index (χ1) is 12.6. The SMILES string of the molecule is O=C1CCC(C(=O)OCC(=O)N(Cc2ccco2)C2=CCCCC2)=NN1. The van der Waals surface area contributed by atoms with Crippen LogP contribution in [0.3, 0.4) is 0 Å². The lowest BCUT2D eigenvalue weighted by Crippen LogP contribution is -2.36. The zero-order chi connectivity index (χ0) is 18.4. The van der Waals surface area contributed by atoms with Crippen molar-refractivity contribution in [1.29, 1.82) is 0 Å². The Balaban J connectivity index is 1.62. The minimum absolute atomic E-state index is 0.117. The van der Waals surface area contributed by atoms with E-state index in [1.54, 1.807) is 23.3 Å². The van der Waals surface area contributed by atoms with Crippen LogP contribution in [0, 0.1) is 0 Å². The monoisotopic (exact) mass is 359 g/mol. The smallest absolute Gasteiger partial charge is 0.355 e. The van der Waals surface area contributed by atoms with Gasteiger partial charge in [-0.2, -0.15) is 5.10 Å². The molecule has 0 saturated heterocycles. The summed E-state index contributed by atoms with van der Waals surface area (Å²) < 4.78 is 10.4. The van der Waals surface area contributed by atoms with Crippen LogP contribution in [0.25, 0.3) is 0 Å². The molecule has 26 heavy (non-hydrogen) atoms. The Morgan fingerprint density at radius 2 is 2.15 bits per heavy atom. The van der Waals surface area contributed by atoms with E-state index in [0.29, 0.717) is 12.3 Å². The number of hydrazone groups is 1. The average Bonchev–Trinajstić information content (AvgIpc) is 3.18. The second-order valence-electron chi connectivity index (χ2n) is 6.17. The van der Waals surface area contributed by atoms with Crippen LogP contribution in [-0.2, 0) is 25.7 Å². The van der Waals surface area contributed by atoms with Crippen molar-refractivity contribution < 1.29 is 23.5 Å². The Labute approximate surface area is 150 Å². The molecular weight excluding hydrogens is 338 g/mol. The van der Waals surface area contributed by atoms with Crippen molar-refractivity contribution in [1.82, 2.24) is 10.3 Å². The average molecular weight is 359 g/mol. The molecule has 1 aliphatic carbocycles. The Morgan fingerprint density at radius 1 is 1.27 bits per heavy atom. The number of rotatable bonds is 6. The lowest BCUT2D eigenvalue weighted by atomic mass is 10.0. The number of carbonyl (C=O) groups is 3. The van der Waals surface area contributed by atoms with Crippen molar-refractivity contribution >= 4 is 23.5 Å². The third kappa shape index (κ3) is 4.59. The standard InChI is InChI=1S/C18H21N3O5/c22-16-9-8-15(19-20-16)18(24)26-12-17(23)21(11-14-7-4-10-25-14)13-5-2-1-3-6-13/h4-5,7,10H,1-3,6,8-9,11-12H2,(H,20,22). The van der Waals surface area contributed by atoms with E-state index in [-0.39, 0.29) is 37.0 Å². The molecule has 138 valence electrons. The Kier molecular flexibility index (Phi) is 5.83. The Hall–Kier alpha value is -2.90. The van der Waals surface area contributed by atoms with Gasteiger partial charge in [-0.1, -0.05) is 6.08 Å². The molecule has 2 aliphatic rings. The van der Waals surface area contributed by atoms with Crippen LogP contribution in [0.4, 0.5) is 0 Å². The predicted molar refractivity (Wildman–Crippen MR) is 91.6 cm³/mol. The maximum absolute atomic E-state index is 12.7. The minimum Gasteiger partial charge on any atom is -0.467 e. The molecule has 0 bridgehead atoms. The maximum Gasteiger partial charge on any atom is 0.355 e. The topological polar surface area (TPSA) is 101 Å². The van der Waals surface area contributed by atoms with Crippen LogP contribution in [0.5, 0.6) is 0 Å². The van der Waals surface area contributed by atoms with E-state index < -0.39 is 5.97 Å². The molecule has 0 fully saturated rings. The summed E-state index contributed by atoms with van der Waals surface area (Å²) in [4.78, 5) is 37.4. The minimum atomic E-state index is -0.686. The second-order valence-corrected chi connectivity index (χ2v) is 6.17. The zero-order valence-electron chi connectivity index (χ0n) is 14.4. The van der Waals surface area contributed by atoms with Gasteiger partial charge >= 0.3 is 5.97 Å². The molecule has 3 rings (SSSR count). The highest BCUT2D eigenvalue weighted by atomic mass is 16.5. The number of hydrogen-bond acceptors (Lipinski definition) is 6. The quantitative estimate of drug-likeness (QED) is 0.782. The van der Waals surface area contributed by atoms with Gasteiger partial charge in [0.1, 0.15) is 11.5 Å². The van der Waals surface area contributed by atoms with Crippen LogP contribution in [-0.4, -0.2) is 35.0 Å². The highest BCUT2D eigenvalue weighted by Crippen LogP contribution is 2.23. The lowest BCUT2D eigenvalue weighted by Gasteiger charge is -2.27. The van der Waals surface area contributed by atoms with E-state index in [9.17, 15) is 14.4 Å². The first-order valence-corrected chi connectivity index (χ1v) is 8.68. The van der Waals surface area contributed by atoms with E-state index >= 15 is 0 Å². The van der Waals surface area contributed by atoms with E-state index in [4.69, 9.17) is 9.15 Å². The van der Waals surface area contributed by atoms with Gasteiger partial charge in [-0.3, -0.25) is 9.59 Å². The van der Waals surface area contributed by atoms with Crippen molar-refractivity contribution in [2.24, 2.45) is 5.10 Å². The van der Waals surface area contributed by atoms with Gasteiger partial charge in [-0.25, -0.2) is 10.2 Å². The molecule has 8 nitrogen and oxygen atoms in total. The number of hydrogen-bond donors (Lipinski definition) is 1. The highest BCUT2D eigenvalue weighted by Gasteiger charge is 2.24. The first-order valence-electron chi connectivity index (χ1n) is 8.68. The molecule has 2 heterocycles. The Morgan fingerprint density at radius 3 is 2.81 bits per heavy atom. The van der Waals surface area contributed by atoms with E-state index in [1.165, 1.54) is 0 Å². The lowest BCUT2D eigenvalue weighted by molar-refractivity contribution is -0.146. The van der Waals surface area contributed by atoms with Crippen LogP contribution in [0.1, 0.15) is 44.3 Å². The largest absolute Gasteiger partial charge is 0.467 e. The fraction of sp³-hybridized carbons (Fsp3) is 0.444.